The fourth-order valence-corrected chi connectivity index (χ4v) is 2.74. The van der Waals surface area contributed by atoms with Gasteiger partial charge in [0.15, 0.2) is 0 Å². The zero-order valence-electron chi connectivity index (χ0n) is 15.1. The molecule has 1 aliphatic rings. The Morgan fingerprint density at radius 2 is 2.15 bits per heavy atom. The van der Waals surface area contributed by atoms with Crippen LogP contribution in [0.4, 0.5) is 10.1 Å². The average molecular weight is 371 g/mol. The van der Waals surface area contributed by atoms with Crippen LogP contribution in [0.25, 0.3) is 0 Å². The first-order valence-corrected chi connectivity index (χ1v) is 8.78. The van der Waals surface area contributed by atoms with Crippen LogP contribution in [-0.2, 0) is 4.74 Å². The topological polar surface area (TPSA) is 72.0 Å². The summed E-state index contributed by atoms with van der Waals surface area (Å²) in [6.45, 7) is 1.14. The molecule has 6 nitrogen and oxygen atoms in total. The molecule has 7 heteroatoms. The zero-order valence-corrected chi connectivity index (χ0v) is 15.1. The van der Waals surface area contributed by atoms with Crippen LogP contribution in [0.3, 0.4) is 0 Å². The lowest BCUT2D eigenvalue weighted by Gasteiger charge is -2.13. The highest BCUT2D eigenvalue weighted by atomic mass is 19.1. The van der Waals surface area contributed by atoms with Gasteiger partial charge in [0.05, 0.1) is 19.8 Å². The van der Waals surface area contributed by atoms with Gasteiger partial charge in [-0.3, -0.25) is 10.1 Å². The summed E-state index contributed by atoms with van der Waals surface area (Å²) < 4.78 is 24.2. The molecule has 2 N–H and O–H groups in total. The molecule has 27 heavy (non-hydrogen) atoms. The second-order valence-corrected chi connectivity index (χ2v) is 6.15. The van der Waals surface area contributed by atoms with Gasteiger partial charge in [0.2, 0.25) is 5.96 Å². The molecule has 2 aromatic rings. The van der Waals surface area contributed by atoms with E-state index in [2.05, 4.69) is 15.6 Å². The average Bonchev–Trinajstić information content (AvgIpc) is 3.20. The Bertz CT molecular complexity index is 820. The van der Waals surface area contributed by atoms with Crippen LogP contribution in [0.15, 0.2) is 53.5 Å². The number of hydrogen-bond acceptors (Lipinski definition) is 4. The Morgan fingerprint density at radius 1 is 1.30 bits per heavy atom. The predicted molar refractivity (Wildman–Crippen MR) is 102 cm³/mol. The van der Waals surface area contributed by atoms with Crippen LogP contribution in [0.1, 0.15) is 23.2 Å². The first kappa shape index (κ1) is 18.8. The number of carbonyl (C=O) groups excluding carboxylic acids is 1. The van der Waals surface area contributed by atoms with Crippen LogP contribution in [0.2, 0.25) is 0 Å². The van der Waals surface area contributed by atoms with E-state index in [1.165, 1.54) is 19.2 Å². The van der Waals surface area contributed by atoms with E-state index in [1.54, 1.807) is 36.4 Å². The summed E-state index contributed by atoms with van der Waals surface area (Å²) in [7, 11) is 1.54. The molecule has 0 aliphatic carbocycles. The normalized spacial score (nSPS) is 16.8. The Morgan fingerprint density at radius 3 is 2.89 bits per heavy atom. The maximum Gasteiger partial charge on any atom is 0.258 e. The first-order valence-electron chi connectivity index (χ1n) is 8.78. The number of amides is 1. The van der Waals surface area contributed by atoms with Gasteiger partial charge in [0, 0.05) is 17.9 Å². The van der Waals surface area contributed by atoms with Crippen molar-refractivity contribution in [2.24, 2.45) is 4.99 Å². The van der Waals surface area contributed by atoms with E-state index in [1.807, 2.05) is 0 Å². The minimum atomic E-state index is -0.377. The van der Waals surface area contributed by atoms with Gasteiger partial charge in [-0.2, -0.15) is 0 Å². The predicted octanol–water partition coefficient (Wildman–Crippen LogP) is 3.21. The molecule has 1 aliphatic heterocycles. The number of benzene rings is 2. The van der Waals surface area contributed by atoms with Crippen molar-refractivity contribution in [3.8, 4) is 5.75 Å². The summed E-state index contributed by atoms with van der Waals surface area (Å²) in [4.78, 5) is 17.0. The molecule has 0 saturated carbocycles. The molecule has 2 aromatic carbocycles. The Hall–Kier alpha value is -2.93. The summed E-state index contributed by atoms with van der Waals surface area (Å²) in [5.41, 5.74) is 0.923. The number of nitrogens with one attached hydrogen (secondary N) is 2. The Kier molecular flexibility index (Phi) is 6.38. The quantitative estimate of drug-likeness (QED) is 0.625. The highest BCUT2D eigenvalue weighted by Crippen LogP contribution is 2.14. The van der Waals surface area contributed by atoms with Gasteiger partial charge in [0.1, 0.15) is 11.6 Å². The van der Waals surface area contributed by atoms with Gasteiger partial charge in [-0.05, 0) is 49.2 Å². The fraction of sp³-hybridized carbons (Fsp3) is 0.300. The molecule has 142 valence electrons. The third kappa shape index (κ3) is 5.52. The molecule has 1 unspecified atom stereocenters. The van der Waals surface area contributed by atoms with E-state index < -0.39 is 0 Å². The summed E-state index contributed by atoms with van der Waals surface area (Å²) in [6, 6.07) is 12.8. The molecular weight excluding hydrogens is 349 g/mol. The first-order chi connectivity index (χ1) is 13.1. The van der Waals surface area contributed by atoms with Crippen molar-refractivity contribution < 1.29 is 18.7 Å². The van der Waals surface area contributed by atoms with Crippen molar-refractivity contribution in [2.45, 2.75) is 18.9 Å². The van der Waals surface area contributed by atoms with Crippen molar-refractivity contribution in [1.29, 1.82) is 0 Å². The molecule has 1 atom stereocenters. The number of methoxy groups -OCH3 is 1. The zero-order chi connectivity index (χ0) is 19.1. The van der Waals surface area contributed by atoms with Crippen LogP contribution < -0.4 is 15.4 Å². The van der Waals surface area contributed by atoms with E-state index >= 15 is 0 Å². The van der Waals surface area contributed by atoms with E-state index in [0.717, 1.165) is 19.4 Å². The van der Waals surface area contributed by atoms with Crippen molar-refractivity contribution in [2.75, 3.05) is 25.6 Å². The van der Waals surface area contributed by atoms with Gasteiger partial charge in [-0.25, -0.2) is 9.38 Å². The Labute approximate surface area is 157 Å². The standard InChI is InChI=1S/C20H22FN3O3/c1-26-17-8-2-5-14(11-17)19(25)24-20(22-13-18-9-4-10-27-18)23-16-7-3-6-15(21)12-16/h2-3,5-8,11-12,18H,4,9-10,13H2,1H3,(H2,22,23,24,25). The number of anilines is 1. The molecule has 0 bridgehead atoms. The van der Waals surface area contributed by atoms with Crippen molar-refractivity contribution >= 4 is 17.6 Å². The number of carbonyl (C=O) groups is 1. The van der Waals surface area contributed by atoms with Crippen molar-refractivity contribution in [3.05, 3.63) is 59.9 Å². The number of rotatable bonds is 5. The van der Waals surface area contributed by atoms with Gasteiger partial charge in [-0.15, -0.1) is 0 Å². The van der Waals surface area contributed by atoms with Gasteiger partial charge >= 0.3 is 0 Å². The van der Waals surface area contributed by atoms with E-state index in [4.69, 9.17) is 9.47 Å². The smallest absolute Gasteiger partial charge is 0.258 e. The molecule has 1 amide bonds. The minimum absolute atomic E-state index is 0.0306. The van der Waals surface area contributed by atoms with Crippen molar-refractivity contribution in [1.82, 2.24) is 5.32 Å². The minimum Gasteiger partial charge on any atom is -0.497 e. The molecule has 1 heterocycles. The molecule has 1 fully saturated rings. The van der Waals surface area contributed by atoms with E-state index in [-0.39, 0.29) is 23.8 Å². The van der Waals surface area contributed by atoms with E-state index in [0.29, 0.717) is 23.5 Å². The van der Waals surface area contributed by atoms with Crippen LogP contribution in [-0.4, -0.2) is 38.2 Å². The molecular formula is C20H22FN3O3. The summed E-state index contributed by atoms with van der Waals surface area (Å²) in [5.74, 6) is 0.101. The lowest BCUT2D eigenvalue weighted by atomic mass is 10.2. The van der Waals surface area contributed by atoms with E-state index in [9.17, 15) is 9.18 Å². The third-order valence-electron chi connectivity index (χ3n) is 4.13. The molecule has 3 rings (SSSR count). The largest absolute Gasteiger partial charge is 0.497 e. The molecule has 0 radical (unpaired) electrons. The lowest BCUT2D eigenvalue weighted by molar-refractivity contribution is 0.0975. The van der Waals surface area contributed by atoms with Crippen LogP contribution in [0, 0.1) is 5.82 Å². The maximum absolute atomic E-state index is 13.5. The second kappa shape index (κ2) is 9.14. The number of ether oxygens (including phenoxy) is 2. The fourth-order valence-electron chi connectivity index (χ4n) is 2.74. The maximum atomic E-state index is 13.5. The van der Waals surface area contributed by atoms with Gasteiger partial charge < -0.3 is 14.8 Å². The monoisotopic (exact) mass is 371 g/mol. The Balaban J connectivity index is 1.75. The number of halogens is 1. The second-order valence-electron chi connectivity index (χ2n) is 6.15. The number of nitrogens with zero attached hydrogens (tertiary/aromatic N) is 1. The number of hydrogen-bond donors (Lipinski definition) is 2. The highest BCUT2D eigenvalue weighted by Gasteiger charge is 2.16. The SMILES string of the molecule is COc1cccc(C(=O)NC(=NCC2CCCO2)Nc2cccc(F)c2)c1. The van der Waals surface area contributed by atoms with Gasteiger partial charge in [0.25, 0.3) is 5.91 Å². The molecule has 1 saturated heterocycles. The third-order valence-corrected chi connectivity index (χ3v) is 4.13. The molecule has 0 aromatic heterocycles. The van der Waals surface area contributed by atoms with Crippen LogP contribution in [0.5, 0.6) is 5.75 Å². The summed E-state index contributed by atoms with van der Waals surface area (Å²) in [5, 5.41) is 5.71. The van der Waals surface area contributed by atoms with Crippen molar-refractivity contribution in [3.63, 3.8) is 0 Å². The number of guanidine groups is 1. The van der Waals surface area contributed by atoms with Gasteiger partial charge in [-0.1, -0.05) is 12.1 Å². The summed E-state index contributed by atoms with van der Waals surface area (Å²) >= 11 is 0. The number of aliphatic imine (C=N–C) groups is 1. The lowest BCUT2D eigenvalue weighted by Crippen LogP contribution is -2.36. The molecule has 0 spiro atoms. The highest BCUT2D eigenvalue weighted by molar-refractivity contribution is 6.10. The van der Waals surface area contributed by atoms with Crippen LogP contribution >= 0.6 is 0 Å². The summed E-state index contributed by atoms with van der Waals surface area (Å²) in [6.07, 6.45) is 1.96.